The minimum atomic E-state index is -2.18. The molecule has 0 amide bonds. The van der Waals surface area contributed by atoms with Crippen LogP contribution in [0, 0.1) is 29.1 Å². The van der Waals surface area contributed by atoms with Crippen molar-refractivity contribution in [1.29, 1.82) is 0 Å². The first-order chi connectivity index (χ1) is 15.4. The van der Waals surface area contributed by atoms with E-state index in [1.807, 2.05) is 36.4 Å². The first-order valence-corrected chi connectivity index (χ1v) is 11.2. The Hall–Kier alpha value is -2.59. The normalized spacial score (nSPS) is 16.0. The zero-order chi connectivity index (χ0) is 22.2. The minimum Gasteiger partial charge on any atom is -0.340 e. The molecule has 162 valence electrons. The summed E-state index contributed by atoms with van der Waals surface area (Å²) in [5.74, 6) is -11.1. The molecule has 1 saturated heterocycles. The summed E-state index contributed by atoms with van der Waals surface area (Å²) in [7, 11) is 0. The average Bonchev–Trinajstić information content (AvgIpc) is 3.57. The molecule has 2 aromatic carbocycles. The predicted molar refractivity (Wildman–Crippen MR) is 111 cm³/mol. The standard InChI is InChI=1S/C23H11F5O2S2/c24-16-15(17(25)19(27)20(28)18(16)26)14-9-12-22(32-14)21-11(23(12)29-6-7-30-23)8-13(31-21)10-4-2-1-3-5-10/h1-5,8-9H,6-7H2. The number of benzene rings is 2. The second kappa shape index (κ2) is 6.95. The Morgan fingerprint density at radius 3 is 1.75 bits per heavy atom. The van der Waals surface area contributed by atoms with Crippen LogP contribution in [-0.4, -0.2) is 13.2 Å². The van der Waals surface area contributed by atoms with Crippen LogP contribution in [0.15, 0.2) is 42.5 Å². The fourth-order valence-corrected chi connectivity index (χ4v) is 6.76. The van der Waals surface area contributed by atoms with Gasteiger partial charge in [0.1, 0.15) is 0 Å². The Morgan fingerprint density at radius 1 is 0.656 bits per heavy atom. The average molecular weight is 478 g/mol. The summed E-state index contributed by atoms with van der Waals surface area (Å²) in [6, 6.07) is 13.0. The number of hydrogen-bond donors (Lipinski definition) is 0. The van der Waals surface area contributed by atoms with E-state index in [1.165, 1.54) is 17.4 Å². The van der Waals surface area contributed by atoms with Gasteiger partial charge in [0.25, 0.3) is 0 Å². The number of hydrogen-bond acceptors (Lipinski definition) is 4. The summed E-state index contributed by atoms with van der Waals surface area (Å²) in [5.41, 5.74) is 1.33. The quantitative estimate of drug-likeness (QED) is 0.174. The van der Waals surface area contributed by atoms with Gasteiger partial charge in [0.2, 0.25) is 11.6 Å². The van der Waals surface area contributed by atoms with Crippen molar-refractivity contribution in [3.05, 3.63) is 82.7 Å². The Kier molecular flexibility index (Phi) is 4.36. The van der Waals surface area contributed by atoms with E-state index in [1.54, 1.807) is 0 Å². The van der Waals surface area contributed by atoms with Gasteiger partial charge in [-0.1, -0.05) is 30.3 Å². The Bertz CT molecular complexity index is 1360. The van der Waals surface area contributed by atoms with Gasteiger partial charge in [-0.05, 0) is 17.7 Å². The van der Waals surface area contributed by atoms with E-state index in [4.69, 9.17) is 9.47 Å². The second-order valence-electron chi connectivity index (χ2n) is 7.33. The summed E-state index contributed by atoms with van der Waals surface area (Å²) in [6.07, 6.45) is 0. The number of fused-ring (bicyclic) bond motifs is 5. The highest BCUT2D eigenvalue weighted by molar-refractivity contribution is 7.25. The molecule has 0 atom stereocenters. The van der Waals surface area contributed by atoms with Gasteiger partial charge in [-0.3, -0.25) is 0 Å². The van der Waals surface area contributed by atoms with E-state index in [-0.39, 0.29) is 4.88 Å². The molecule has 4 aromatic rings. The van der Waals surface area contributed by atoms with Crippen LogP contribution < -0.4 is 0 Å². The lowest BCUT2D eigenvalue weighted by Gasteiger charge is -2.23. The van der Waals surface area contributed by atoms with Crippen molar-refractivity contribution in [3.63, 3.8) is 0 Å². The van der Waals surface area contributed by atoms with E-state index in [0.717, 1.165) is 32.2 Å². The third-order valence-electron chi connectivity index (χ3n) is 5.59. The van der Waals surface area contributed by atoms with Crippen LogP contribution in [-0.2, 0) is 15.3 Å². The molecule has 1 fully saturated rings. The van der Waals surface area contributed by atoms with Crippen LogP contribution in [0.2, 0.25) is 0 Å². The molecule has 0 unspecified atom stereocenters. The third-order valence-corrected chi connectivity index (χ3v) is 8.09. The molecule has 2 nitrogen and oxygen atoms in total. The van der Waals surface area contributed by atoms with Crippen molar-refractivity contribution < 1.29 is 31.4 Å². The highest BCUT2D eigenvalue weighted by Gasteiger charge is 2.51. The van der Waals surface area contributed by atoms with Gasteiger partial charge < -0.3 is 9.47 Å². The first-order valence-electron chi connectivity index (χ1n) is 9.56. The zero-order valence-electron chi connectivity index (χ0n) is 16.0. The summed E-state index contributed by atoms with van der Waals surface area (Å²) in [5, 5.41) is 0. The molecule has 0 radical (unpaired) electrons. The Balaban J connectivity index is 1.57. The van der Waals surface area contributed by atoms with Gasteiger partial charge in [-0.2, -0.15) is 0 Å². The van der Waals surface area contributed by atoms with Crippen LogP contribution in [0.4, 0.5) is 22.0 Å². The largest absolute Gasteiger partial charge is 0.340 e. The molecule has 1 spiro atoms. The minimum absolute atomic E-state index is 0.0819. The summed E-state index contributed by atoms with van der Waals surface area (Å²) in [4.78, 5) is 2.29. The van der Waals surface area contributed by atoms with Gasteiger partial charge in [0.15, 0.2) is 23.3 Å². The van der Waals surface area contributed by atoms with E-state index in [9.17, 15) is 22.0 Å². The van der Waals surface area contributed by atoms with Gasteiger partial charge in [-0.25, -0.2) is 22.0 Å². The molecular weight excluding hydrogens is 467 g/mol. The summed E-state index contributed by atoms with van der Waals surface area (Å²) < 4.78 is 82.0. The molecule has 2 aliphatic rings. The molecule has 0 bridgehead atoms. The Morgan fingerprint density at radius 2 is 1.16 bits per heavy atom. The molecular formula is C23H11F5O2S2. The van der Waals surface area contributed by atoms with E-state index in [2.05, 4.69) is 0 Å². The van der Waals surface area contributed by atoms with Crippen molar-refractivity contribution in [1.82, 2.24) is 0 Å². The molecule has 6 rings (SSSR count). The van der Waals surface area contributed by atoms with Crippen LogP contribution >= 0.6 is 22.7 Å². The van der Waals surface area contributed by atoms with Gasteiger partial charge in [-0.15, -0.1) is 22.7 Å². The molecule has 0 saturated carbocycles. The number of ether oxygens (including phenoxy) is 2. The predicted octanol–water partition coefficient (Wildman–Crippen LogP) is 7.07. The Labute approximate surface area is 186 Å². The van der Waals surface area contributed by atoms with Gasteiger partial charge >= 0.3 is 0 Å². The topological polar surface area (TPSA) is 18.5 Å². The highest BCUT2D eigenvalue weighted by Crippen LogP contribution is 2.60. The van der Waals surface area contributed by atoms with Gasteiger partial charge in [0.05, 0.1) is 28.5 Å². The lowest BCUT2D eigenvalue weighted by Crippen LogP contribution is -2.25. The van der Waals surface area contributed by atoms with Gasteiger partial charge in [0, 0.05) is 20.9 Å². The lowest BCUT2D eigenvalue weighted by molar-refractivity contribution is -0.126. The number of rotatable bonds is 2. The van der Waals surface area contributed by atoms with Crippen molar-refractivity contribution >= 4 is 22.7 Å². The fourth-order valence-electron chi connectivity index (χ4n) is 4.17. The first kappa shape index (κ1) is 20.0. The number of thiophene rings is 2. The van der Waals surface area contributed by atoms with Crippen LogP contribution in [0.5, 0.6) is 0 Å². The van der Waals surface area contributed by atoms with Crippen LogP contribution in [0.1, 0.15) is 11.1 Å². The highest BCUT2D eigenvalue weighted by atomic mass is 32.1. The third kappa shape index (κ3) is 2.56. The van der Waals surface area contributed by atoms with Crippen molar-refractivity contribution in [2.75, 3.05) is 13.2 Å². The summed E-state index contributed by atoms with van der Waals surface area (Å²) >= 11 is 2.41. The molecule has 2 aromatic heterocycles. The van der Waals surface area contributed by atoms with E-state index < -0.39 is 40.4 Å². The molecule has 1 aliphatic carbocycles. The monoisotopic (exact) mass is 478 g/mol. The second-order valence-corrected chi connectivity index (χ2v) is 9.44. The van der Waals surface area contributed by atoms with Crippen molar-refractivity contribution in [2.45, 2.75) is 5.79 Å². The van der Waals surface area contributed by atoms with Crippen molar-refractivity contribution in [3.8, 4) is 30.6 Å². The maximum Gasteiger partial charge on any atom is 0.225 e. The maximum atomic E-state index is 14.5. The molecule has 32 heavy (non-hydrogen) atoms. The molecule has 1 aliphatic heterocycles. The lowest BCUT2D eigenvalue weighted by atomic mass is 10.0. The van der Waals surface area contributed by atoms with Crippen LogP contribution in [0.3, 0.4) is 0 Å². The van der Waals surface area contributed by atoms with Crippen LogP contribution in [0.25, 0.3) is 30.6 Å². The smallest absolute Gasteiger partial charge is 0.225 e. The SMILES string of the molecule is Fc1c(F)c(F)c(-c2cc3c(s2)-c2sc(-c4ccccc4)cc2C32OCCO2)c(F)c1F. The zero-order valence-corrected chi connectivity index (χ0v) is 17.6. The molecule has 9 heteroatoms. The molecule has 0 N–H and O–H groups in total. The van der Waals surface area contributed by atoms with Crippen molar-refractivity contribution in [2.24, 2.45) is 0 Å². The number of halogens is 5. The van der Waals surface area contributed by atoms with E-state index in [0.29, 0.717) is 23.7 Å². The fraction of sp³-hybridized carbons (Fsp3) is 0.130. The van der Waals surface area contributed by atoms with E-state index >= 15 is 0 Å². The maximum absolute atomic E-state index is 14.5. The molecule has 3 heterocycles. The summed E-state index contributed by atoms with van der Waals surface area (Å²) in [6.45, 7) is 0.617.